The molecule has 6 aromatic rings. The maximum Gasteiger partial charge on any atom is 0.407 e. The number of thiazole rings is 1. The smallest absolute Gasteiger partial charge is 0.407 e. The SMILES string of the molecule is Cc1csc(C2(CNC(=O)OCc3ccccc3)C3CCN(c4cnc5c(-c6cccc7ncccc67)nn(C6CCCCO6)c5n4)CC32)n1. The molecule has 1 saturated carbocycles. The number of hydrogen-bond acceptors (Lipinski definition) is 10. The Labute approximate surface area is 293 Å². The maximum absolute atomic E-state index is 12.9. The monoisotopic (exact) mass is 686 g/mol. The minimum absolute atomic E-state index is 0.194. The van der Waals surface area contributed by atoms with Crippen LogP contribution in [0.3, 0.4) is 0 Å². The standard InChI is InChI=1S/C38H38N8O3S/c1-24-22-50-36(42-24)38(23-41-37(47)49-21-25-9-3-2-4-10-25)28-15-17-45(20-29(28)38)31-19-40-34-33(27-11-7-13-30-26(27)12-8-16-39-30)44-46(35(34)43-31)32-14-5-6-18-48-32/h2-4,7-13,16,19,22,28-29,32H,5-6,14-15,17-18,20-21,23H2,1H3,(H,41,47). The number of aromatic nitrogens is 6. The summed E-state index contributed by atoms with van der Waals surface area (Å²) in [5, 5.41) is 12.5. The molecule has 254 valence electrons. The van der Waals surface area contributed by atoms with Crippen LogP contribution in [0.5, 0.6) is 0 Å². The summed E-state index contributed by atoms with van der Waals surface area (Å²) >= 11 is 1.69. The highest BCUT2D eigenvalue weighted by Crippen LogP contribution is 2.64. The highest BCUT2D eigenvalue weighted by Gasteiger charge is 2.68. The summed E-state index contributed by atoms with van der Waals surface area (Å²) in [5.74, 6) is 1.53. The molecule has 11 nitrogen and oxygen atoms in total. The number of aryl methyl sites for hydroxylation is 1. The van der Waals surface area contributed by atoms with Crippen LogP contribution >= 0.6 is 11.3 Å². The van der Waals surface area contributed by atoms with Crippen molar-refractivity contribution in [3.05, 3.63) is 94.7 Å². The van der Waals surface area contributed by atoms with Gasteiger partial charge in [0, 0.05) is 59.9 Å². The first-order valence-corrected chi connectivity index (χ1v) is 18.3. The highest BCUT2D eigenvalue weighted by atomic mass is 32.1. The molecule has 3 fully saturated rings. The van der Waals surface area contributed by atoms with Gasteiger partial charge in [-0.1, -0.05) is 48.5 Å². The number of carbonyl (C=O) groups is 1. The van der Waals surface area contributed by atoms with Crippen molar-refractivity contribution < 1.29 is 14.3 Å². The molecule has 3 aliphatic rings. The summed E-state index contributed by atoms with van der Waals surface area (Å²) < 4.78 is 13.8. The summed E-state index contributed by atoms with van der Waals surface area (Å²) in [6, 6.07) is 19.9. The molecule has 1 aliphatic carbocycles. The van der Waals surface area contributed by atoms with E-state index in [1.807, 2.05) is 72.5 Å². The van der Waals surface area contributed by atoms with E-state index in [0.717, 1.165) is 94.2 Å². The Bertz CT molecular complexity index is 2180. The lowest BCUT2D eigenvalue weighted by Crippen LogP contribution is -2.35. The van der Waals surface area contributed by atoms with E-state index in [-0.39, 0.29) is 18.2 Å². The van der Waals surface area contributed by atoms with Gasteiger partial charge in [0.15, 0.2) is 11.9 Å². The van der Waals surface area contributed by atoms with Gasteiger partial charge in [0.2, 0.25) is 0 Å². The minimum Gasteiger partial charge on any atom is -0.445 e. The van der Waals surface area contributed by atoms with E-state index in [9.17, 15) is 4.79 Å². The molecule has 12 heteroatoms. The van der Waals surface area contributed by atoms with Crippen LogP contribution in [0.4, 0.5) is 10.6 Å². The number of piperidine rings is 1. The fourth-order valence-corrected chi connectivity index (χ4v) is 9.19. The van der Waals surface area contributed by atoms with E-state index in [1.54, 1.807) is 11.3 Å². The van der Waals surface area contributed by atoms with Crippen molar-refractivity contribution in [1.82, 2.24) is 35.0 Å². The molecule has 9 rings (SSSR count). The summed E-state index contributed by atoms with van der Waals surface area (Å²) in [4.78, 5) is 35.1. The molecular formula is C38H38N8O3S. The minimum atomic E-state index is -0.408. The molecule has 2 aliphatic heterocycles. The van der Waals surface area contributed by atoms with Crippen LogP contribution in [0.1, 0.15) is 48.2 Å². The van der Waals surface area contributed by atoms with Crippen LogP contribution in [-0.2, 0) is 21.5 Å². The van der Waals surface area contributed by atoms with Crippen molar-refractivity contribution in [2.45, 2.75) is 50.9 Å². The lowest BCUT2D eigenvalue weighted by Gasteiger charge is -2.27. The van der Waals surface area contributed by atoms with Crippen LogP contribution in [0, 0.1) is 18.8 Å². The summed E-state index contributed by atoms with van der Waals surface area (Å²) in [6.07, 6.45) is 7.06. The number of hydrogen-bond donors (Lipinski definition) is 1. The lowest BCUT2D eigenvalue weighted by atomic mass is 10.0. The molecule has 1 amide bonds. The zero-order valence-corrected chi connectivity index (χ0v) is 28.7. The Morgan fingerprint density at radius 3 is 2.80 bits per heavy atom. The Kier molecular flexibility index (Phi) is 7.92. The Hall–Kier alpha value is -4.94. The average Bonchev–Trinajstić information content (AvgIpc) is 3.38. The van der Waals surface area contributed by atoms with Crippen LogP contribution in [0.25, 0.3) is 33.3 Å². The van der Waals surface area contributed by atoms with Crippen LogP contribution in [-0.4, -0.2) is 62.1 Å². The number of nitrogens with zero attached hydrogens (tertiary/aromatic N) is 7. The highest BCUT2D eigenvalue weighted by molar-refractivity contribution is 7.09. The van der Waals surface area contributed by atoms with Crippen molar-refractivity contribution in [3.63, 3.8) is 0 Å². The number of ether oxygens (including phenoxy) is 2. The van der Waals surface area contributed by atoms with Gasteiger partial charge in [-0.05, 0) is 62.1 Å². The predicted octanol–water partition coefficient (Wildman–Crippen LogP) is 6.83. The topological polar surface area (TPSA) is 120 Å². The number of pyridine rings is 1. The quantitative estimate of drug-likeness (QED) is 0.184. The van der Waals surface area contributed by atoms with E-state index in [2.05, 4.69) is 32.7 Å². The summed E-state index contributed by atoms with van der Waals surface area (Å²) in [7, 11) is 0. The van der Waals surface area contributed by atoms with Gasteiger partial charge in [-0.25, -0.2) is 24.4 Å². The van der Waals surface area contributed by atoms with Crippen molar-refractivity contribution in [2.24, 2.45) is 11.8 Å². The van der Waals surface area contributed by atoms with Gasteiger partial charge < -0.3 is 19.7 Å². The molecule has 0 spiro atoms. The first-order chi connectivity index (χ1) is 24.6. The Balaban J connectivity index is 1.01. The number of alkyl carbamates (subject to hydrolysis) is 1. The second kappa shape index (κ2) is 12.7. The number of benzene rings is 2. The largest absolute Gasteiger partial charge is 0.445 e. The van der Waals surface area contributed by atoms with E-state index in [1.165, 1.54) is 0 Å². The second-order valence-electron chi connectivity index (χ2n) is 13.6. The van der Waals surface area contributed by atoms with E-state index < -0.39 is 6.09 Å². The summed E-state index contributed by atoms with van der Waals surface area (Å²) in [5.41, 5.74) is 5.88. The van der Waals surface area contributed by atoms with Gasteiger partial charge in [0.05, 0.1) is 11.7 Å². The van der Waals surface area contributed by atoms with Crippen molar-refractivity contribution in [3.8, 4) is 11.3 Å². The Morgan fingerprint density at radius 2 is 1.96 bits per heavy atom. The number of amides is 1. The van der Waals surface area contributed by atoms with E-state index in [4.69, 9.17) is 29.5 Å². The number of anilines is 1. The molecule has 2 saturated heterocycles. The molecule has 0 bridgehead atoms. The van der Waals surface area contributed by atoms with Gasteiger partial charge in [-0.15, -0.1) is 11.3 Å². The van der Waals surface area contributed by atoms with Gasteiger partial charge in [0.1, 0.15) is 28.6 Å². The van der Waals surface area contributed by atoms with Crippen molar-refractivity contribution >= 4 is 45.3 Å². The van der Waals surface area contributed by atoms with Crippen molar-refractivity contribution in [2.75, 3.05) is 31.1 Å². The van der Waals surface area contributed by atoms with Crippen LogP contribution in [0.2, 0.25) is 0 Å². The second-order valence-corrected chi connectivity index (χ2v) is 14.4. The molecule has 6 heterocycles. The third-order valence-corrected chi connectivity index (χ3v) is 11.8. The van der Waals surface area contributed by atoms with Gasteiger partial charge in [-0.2, -0.15) is 5.10 Å². The molecule has 50 heavy (non-hydrogen) atoms. The fourth-order valence-electron chi connectivity index (χ4n) is 8.06. The number of nitrogens with one attached hydrogen (secondary N) is 1. The van der Waals surface area contributed by atoms with E-state index in [0.29, 0.717) is 25.0 Å². The molecule has 2 aromatic carbocycles. The Morgan fingerprint density at radius 1 is 1.04 bits per heavy atom. The first-order valence-electron chi connectivity index (χ1n) is 17.4. The normalized spacial score (nSPS) is 23.1. The van der Waals surface area contributed by atoms with Crippen LogP contribution < -0.4 is 10.2 Å². The maximum atomic E-state index is 12.9. The molecular weight excluding hydrogens is 649 g/mol. The summed E-state index contributed by atoms with van der Waals surface area (Å²) in [6.45, 7) is 5.08. The van der Waals surface area contributed by atoms with Gasteiger partial charge in [0.25, 0.3) is 0 Å². The number of fused-ring (bicyclic) bond motifs is 3. The molecule has 4 aromatic heterocycles. The third kappa shape index (κ3) is 5.47. The lowest BCUT2D eigenvalue weighted by molar-refractivity contribution is -0.0368. The van der Waals surface area contributed by atoms with Crippen LogP contribution in [0.15, 0.2) is 78.4 Å². The average molecular weight is 687 g/mol. The fraction of sp³-hybridized carbons (Fsp3) is 0.368. The van der Waals surface area contributed by atoms with Gasteiger partial charge in [-0.3, -0.25) is 4.98 Å². The van der Waals surface area contributed by atoms with Gasteiger partial charge >= 0.3 is 6.09 Å². The number of rotatable bonds is 8. The number of carbonyl (C=O) groups excluding carboxylic acids is 1. The zero-order chi connectivity index (χ0) is 33.7. The molecule has 4 atom stereocenters. The predicted molar refractivity (Wildman–Crippen MR) is 192 cm³/mol. The molecule has 0 radical (unpaired) electrons. The third-order valence-electron chi connectivity index (χ3n) is 10.6. The zero-order valence-electron chi connectivity index (χ0n) is 27.9. The van der Waals surface area contributed by atoms with E-state index >= 15 is 0 Å². The molecule has 4 unspecified atom stereocenters. The molecule has 1 N–H and O–H groups in total. The van der Waals surface area contributed by atoms with Crippen molar-refractivity contribution in [1.29, 1.82) is 0 Å². The first kappa shape index (κ1) is 31.1.